The van der Waals surface area contributed by atoms with Crippen LogP contribution in [0, 0.1) is 0 Å². The number of thiophene rings is 1. The first-order valence-electron chi connectivity index (χ1n) is 10.5. The van der Waals surface area contributed by atoms with Gasteiger partial charge in [0.1, 0.15) is 0 Å². The third kappa shape index (κ3) is 4.01. The molecule has 0 amide bonds. The van der Waals surface area contributed by atoms with Gasteiger partial charge in [-0.05, 0) is 54.0 Å². The molecule has 1 aromatic heterocycles. The summed E-state index contributed by atoms with van der Waals surface area (Å²) in [5.41, 5.74) is 11.3. The molecule has 5 rings (SSSR count). The van der Waals surface area contributed by atoms with Crippen LogP contribution in [0.2, 0.25) is 0 Å². The van der Waals surface area contributed by atoms with E-state index in [0.29, 0.717) is 0 Å². The quantitative estimate of drug-likeness (QED) is 0.480. The van der Waals surface area contributed by atoms with E-state index in [1.165, 1.54) is 44.8 Å². The molecule has 2 heterocycles. The second kappa shape index (κ2) is 8.76. The van der Waals surface area contributed by atoms with E-state index in [-0.39, 0.29) is 5.54 Å². The lowest BCUT2D eigenvalue weighted by Crippen LogP contribution is -2.34. The molecule has 29 heavy (non-hydrogen) atoms. The maximum Gasteiger partial charge on any atom is 0.154 e. The number of amidine groups is 1. The highest BCUT2D eigenvalue weighted by Crippen LogP contribution is 2.49. The molecule has 2 aromatic carbocycles. The molecule has 0 bridgehead atoms. The highest BCUT2D eigenvalue weighted by atomic mass is 32.2. The highest BCUT2D eigenvalue weighted by Gasteiger charge is 2.39. The molecule has 2 aliphatic rings. The average molecular weight is 421 g/mol. The second-order valence-electron chi connectivity index (χ2n) is 7.32. The predicted octanol–water partition coefficient (Wildman–Crippen LogP) is 7.09. The summed E-state index contributed by atoms with van der Waals surface area (Å²) in [7, 11) is 0. The Balaban J connectivity index is 0.000000994. The molecule has 2 N–H and O–H groups in total. The number of benzene rings is 2. The van der Waals surface area contributed by atoms with Gasteiger partial charge in [-0.25, -0.2) is 0 Å². The van der Waals surface area contributed by atoms with Gasteiger partial charge in [-0.2, -0.15) is 0 Å². The minimum atomic E-state index is -0.0678. The monoisotopic (exact) mass is 420 g/mol. The largest absolute Gasteiger partial charge is 0.379 e. The molecule has 0 fully saturated rings. The number of nitrogens with zero attached hydrogens (tertiary/aromatic N) is 1. The van der Waals surface area contributed by atoms with E-state index in [0.717, 1.165) is 23.8 Å². The van der Waals surface area contributed by atoms with Gasteiger partial charge in [-0.1, -0.05) is 80.2 Å². The summed E-state index contributed by atoms with van der Waals surface area (Å²) in [5.74, 6) is 1.08. The Morgan fingerprint density at radius 3 is 2.31 bits per heavy atom. The van der Waals surface area contributed by atoms with Crippen molar-refractivity contribution in [2.24, 2.45) is 10.7 Å². The smallest absolute Gasteiger partial charge is 0.154 e. The number of hydrogen-bond donors (Lipinski definition) is 1. The molecular formula is C25H28N2S2. The number of fused-ring (bicyclic) bond motifs is 2. The maximum atomic E-state index is 6.10. The molecule has 1 atom stereocenters. The van der Waals surface area contributed by atoms with Crippen molar-refractivity contribution in [3.63, 3.8) is 0 Å². The Morgan fingerprint density at radius 1 is 0.897 bits per heavy atom. The Morgan fingerprint density at radius 2 is 1.59 bits per heavy atom. The van der Waals surface area contributed by atoms with E-state index >= 15 is 0 Å². The van der Waals surface area contributed by atoms with Gasteiger partial charge in [0, 0.05) is 15.5 Å². The first kappa shape index (κ1) is 20.2. The molecule has 3 aromatic rings. The van der Waals surface area contributed by atoms with E-state index in [1.807, 2.05) is 25.2 Å². The Labute approximate surface area is 182 Å². The molecule has 1 aliphatic carbocycles. The molecule has 1 spiro atoms. The van der Waals surface area contributed by atoms with Gasteiger partial charge in [0.05, 0.1) is 5.54 Å². The van der Waals surface area contributed by atoms with E-state index in [2.05, 4.69) is 60.7 Å². The van der Waals surface area contributed by atoms with Crippen LogP contribution in [0.4, 0.5) is 0 Å². The van der Waals surface area contributed by atoms with Gasteiger partial charge < -0.3 is 5.73 Å². The van der Waals surface area contributed by atoms with Crippen LogP contribution in [0.15, 0.2) is 65.7 Å². The van der Waals surface area contributed by atoms with Crippen molar-refractivity contribution in [2.45, 2.75) is 45.1 Å². The summed E-state index contributed by atoms with van der Waals surface area (Å²) in [6.45, 7) is 4.00. The van der Waals surface area contributed by atoms with Crippen molar-refractivity contribution in [3.05, 3.63) is 71.1 Å². The minimum absolute atomic E-state index is 0.0678. The SMILES string of the molecule is CC.NC1=NC2(CCCc3sc(-c4ccc(-c5ccccc5)cc4)cc32)CCS1. The lowest BCUT2D eigenvalue weighted by Gasteiger charge is -2.36. The third-order valence-electron chi connectivity index (χ3n) is 5.67. The fourth-order valence-electron chi connectivity index (χ4n) is 4.28. The molecule has 1 aliphatic heterocycles. The Bertz CT molecular complexity index is 989. The normalized spacial score (nSPS) is 20.4. The molecule has 0 saturated carbocycles. The molecule has 150 valence electrons. The number of aryl methyl sites for hydroxylation is 1. The van der Waals surface area contributed by atoms with E-state index < -0.39 is 0 Å². The molecule has 2 nitrogen and oxygen atoms in total. The topological polar surface area (TPSA) is 38.4 Å². The summed E-state index contributed by atoms with van der Waals surface area (Å²) in [6, 6.07) is 21.9. The van der Waals surface area contributed by atoms with Crippen molar-refractivity contribution in [3.8, 4) is 21.6 Å². The Kier molecular flexibility index (Phi) is 6.12. The van der Waals surface area contributed by atoms with Crippen molar-refractivity contribution in [2.75, 3.05) is 5.75 Å². The zero-order chi connectivity index (χ0) is 20.3. The molecular weight excluding hydrogens is 392 g/mol. The summed E-state index contributed by atoms with van der Waals surface area (Å²) >= 11 is 3.64. The standard InChI is InChI=1S/C23H22N2S2.C2H6/c24-22-25-23(13-14-26-22)12-4-7-20-19(23)15-21(27-20)18-10-8-17(9-11-18)16-5-2-1-3-6-16;1-2/h1-3,5-6,8-11,15H,4,7,12-14H2,(H2,24,25);1-2H3. The van der Waals surface area contributed by atoms with Gasteiger partial charge in [0.2, 0.25) is 0 Å². The minimum Gasteiger partial charge on any atom is -0.379 e. The zero-order valence-electron chi connectivity index (χ0n) is 17.2. The molecule has 1 unspecified atom stereocenters. The summed E-state index contributed by atoms with van der Waals surface area (Å²) in [5, 5.41) is 0.758. The van der Waals surface area contributed by atoms with Crippen LogP contribution in [0.25, 0.3) is 21.6 Å². The average Bonchev–Trinajstić information content (AvgIpc) is 3.22. The van der Waals surface area contributed by atoms with E-state index in [9.17, 15) is 0 Å². The lowest BCUT2D eigenvalue weighted by atomic mass is 9.78. The second-order valence-corrected chi connectivity index (χ2v) is 9.58. The maximum absolute atomic E-state index is 6.10. The van der Waals surface area contributed by atoms with Crippen LogP contribution in [0.3, 0.4) is 0 Å². The zero-order valence-corrected chi connectivity index (χ0v) is 18.8. The van der Waals surface area contributed by atoms with Gasteiger partial charge in [-0.3, -0.25) is 4.99 Å². The lowest BCUT2D eigenvalue weighted by molar-refractivity contribution is 0.368. The molecule has 0 radical (unpaired) electrons. The van der Waals surface area contributed by atoms with Crippen molar-refractivity contribution in [1.29, 1.82) is 0 Å². The first-order valence-corrected chi connectivity index (χ1v) is 12.3. The number of rotatable bonds is 2. The van der Waals surface area contributed by atoms with Crippen molar-refractivity contribution >= 4 is 28.3 Å². The Hall–Kier alpha value is -2.04. The van der Waals surface area contributed by atoms with Crippen LogP contribution in [0.5, 0.6) is 0 Å². The van der Waals surface area contributed by atoms with Crippen LogP contribution in [-0.2, 0) is 12.0 Å². The van der Waals surface area contributed by atoms with Crippen molar-refractivity contribution in [1.82, 2.24) is 0 Å². The first-order chi connectivity index (χ1) is 14.2. The van der Waals surface area contributed by atoms with Crippen LogP contribution in [0.1, 0.15) is 43.6 Å². The predicted molar refractivity (Wildman–Crippen MR) is 130 cm³/mol. The molecule has 4 heteroatoms. The summed E-state index contributed by atoms with van der Waals surface area (Å²) in [4.78, 5) is 7.80. The molecule has 0 saturated heterocycles. The number of nitrogens with two attached hydrogens (primary N) is 1. The van der Waals surface area contributed by atoms with E-state index in [1.54, 1.807) is 11.8 Å². The van der Waals surface area contributed by atoms with Gasteiger partial charge in [0.25, 0.3) is 0 Å². The van der Waals surface area contributed by atoms with Crippen LogP contribution >= 0.6 is 23.1 Å². The van der Waals surface area contributed by atoms with Crippen molar-refractivity contribution < 1.29 is 0 Å². The van der Waals surface area contributed by atoms with Crippen LogP contribution < -0.4 is 5.73 Å². The van der Waals surface area contributed by atoms with E-state index in [4.69, 9.17) is 10.7 Å². The van der Waals surface area contributed by atoms with Gasteiger partial charge in [0.15, 0.2) is 5.17 Å². The van der Waals surface area contributed by atoms with Gasteiger partial charge >= 0.3 is 0 Å². The fourth-order valence-corrected chi connectivity index (χ4v) is 6.47. The fraction of sp³-hybridized carbons (Fsp3) is 0.320. The number of aliphatic imine (C=N–C) groups is 1. The summed E-state index contributed by atoms with van der Waals surface area (Å²) < 4.78 is 0. The highest BCUT2D eigenvalue weighted by molar-refractivity contribution is 8.13. The number of thioether (sulfide) groups is 1. The summed E-state index contributed by atoms with van der Waals surface area (Å²) in [6.07, 6.45) is 4.62. The van der Waals surface area contributed by atoms with Crippen LogP contribution in [-0.4, -0.2) is 10.9 Å². The number of hydrogen-bond acceptors (Lipinski definition) is 4. The van der Waals surface area contributed by atoms with Gasteiger partial charge in [-0.15, -0.1) is 11.3 Å². The third-order valence-corrected chi connectivity index (χ3v) is 7.71.